The van der Waals surface area contributed by atoms with Gasteiger partial charge < -0.3 is 10.2 Å². The summed E-state index contributed by atoms with van der Waals surface area (Å²) in [7, 11) is -5.11. The van der Waals surface area contributed by atoms with Gasteiger partial charge in [-0.15, -0.1) is 0 Å². The van der Waals surface area contributed by atoms with Crippen molar-refractivity contribution >= 4 is 56.5 Å². The molecule has 0 fully saturated rings. The van der Waals surface area contributed by atoms with Crippen molar-refractivity contribution in [2.75, 3.05) is 0 Å². The van der Waals surface area contributed by atoms with Crippen LogP contribution in [0.4, 0.5) is 0 Å². The third-order valence-electron chi connectivity index (χ3n) is 4.41. The highest BCUT2D eigenvalue weighted by molar-refractivity contribution is 7.87. The number of hydrogen-bond acceptors (Lipinski definition) is 4. The number of halogens is 4. The Bertz CT molecular complexity index is 1200. The van der Waals surface area contributed by atoms with Crippen LogP contribution in [0, 0.1) is 0 Å². The van der Waals surface area contributed by atoms with Gasteiger partial charge >= 0.3 is 0 Å². The van der Waals surface area contributed by atoms with Gasteiger partial charge in [0.15, 0.2) is 4.75 Å². The van der Waals surface area contributed by atoms with Gasteiger partial charge in [0.05, 0.1) is 20.1 Å². The maximum Gasteiger partial charge on any atom is 0.283 e. The minimum Gasteiger partial charge on any atom is -0.508 e. The molecule has 5 nitrogen and oxygen atoms in total. The van der Waals surface area contributed by atoms with E-state index in [9.17, 15) is 23.2 Å². The molecule has 0 aromatic heterocycles. The summed E-state index contributed by atoms with van der Waals surface area (Å²) >= 11 is 24.5. The van der Waals surface area contributed by atoms with Gasteiger partial charge in [-0.05, 0) is 17.7 Å². The summed E-state index contributed by atoms with van der Waals surface area (Å²) in [6.45, 7) is 0. The van der Waals surface area contributed by atoms with Gasteiger partial charge in [0.25, 0.3) is 10.1 Å². The quantitative estimate of drug-likeness (QED) is 0.182. The Kier molecular flexibility index (Phi) is 5.98. The molecule has 3 rings (SSSR count). The predicted octanol–water partition coefficient (Wildman–Crippen LogP) is 5.89. The molecule has 10 heteroatoms. The zero-order chi connectivity index (χ0) is 21.6. The minimum atomic E-state index is -5.11. The van der Waals surface area contributed by atoms with Gasteiger partial charge in [0.1, 0.15) is 11.5 Å². The van der Waals surface area contributed by atoms with Crippen LogP contribution in [0.2, 0.25) is 20.1 Å². The summed E-state index contributed by atoms with van der Waals surface area (Å²) in [5.74, 6) is -1.11. The van der Waals surface area contributed by atoms with Crippen LogP contribution < -0.4 is 0 Å². The summed E-state index contributed by atoms with van der Waals surface area (Å²) in [5, 5.41) is 20.0. The Morgan fingerprint density at radius 1 is 0.759 bits per heavy atom. The summed E-state index contributed by atoms with van der Waals surface area (Å²) in [6.07, 6.45) is 0. The number of phenols is 2. The fourth-order valence-electron chi connectivity index (χ4n) is 3.21. The molecule has 0 radical (unpaired) electrons. The molecule has 0 amide bonds. The van der Waals surface area contributed by atoms with Crippen LogP contribution in [0.3, 0.4) is 0 Å². The van der Waals surface area contributed by atoms with Gasteiger partial charge in [-0.3, -0.25) is 4.55 Å². The van der Waals surface area contributed by atoms with Gasteiger partial charge in [-0.1, -0.05) is 82.8 Å². The number of hydrogen-bond donors (Lipinski definition) is 3. The third kappa shape index (κ3) is 3.54. The van der Waals surface area contributed by atoms with Crippen molar-refractivity contribution in [1.82, 2.24) is 0 Å². The largest absolute Gasteiger partial charge is 0.508 e. The van der Waals surface area contributed by atoms with E-state index in [1.807, 2.05) is 0 Å². The molecule has 1 atom stereocenters. The molecule has 0 heterocycles. The van der Waals surface area contributed by atoms with Crippen LogP contribution in [0.15, 0.2) is 54.6 Å². The molecule has 0 bridgehead atoms. The molecule has 0 saturated heterocycles. The standard InChI is InChI=1S/C19H12Cl4O5S/c20-14-7-6-12(16(22)17(14)23)19(29(26,27)28,10-4-2-1-3-5-10)13-8-11(24)9-15(21)18(13)25/h1-9,24-25H,(H,26,27,28). The molecular formula is C19H12Cl4O5S. The van der Waals surface area contributed by atoms with E-state index in [4.69, 9.17) is 46.4 Å². The van der Waals surface area contributed by atoms with E-state index in [-0.39, 0.29) is 31.2 Å². The van der Waals surface area contributed by atoms with Crippen LogP contribution in [-0.2, 0) is 14.9 Å². The lowest BCUT2D eigenvalue weighted by Crippen LogP contribution is -2.38. The van der Waals surface area contributed by atoms with Crippen molar-refractivity contribution in [2.24, 2.45) is 0 Å². The van der Waals surface area contributed by atoms with Crippen molar-refractivity contribution in [2.45, 2.75) is 4.75 Å². The minimum absolute atomic E-state index is 0.0137. The molecule has 0 aliphatic carbocycles. The highest BCUT2D eigenvalue weighted by atomic mass is 35.5. The van der Waals surface area contributed by atoms with E-state index in [0.717, 1.165) is 12.1 Å². The molecule has 1 unspecified atom stereocenters. The molecule has 0 aliphatic heterocycles. The maximum atomic E-state index is 13.0. The van der Waals surface area contributed by atoms with Gasteiger partial charge in [-0.25, -0.2) is 0 Å². The molecular weight excluding hydrogens is 482 g/mol. The van der Waals surface area contributed by atoms with Crippen molar-refractivity contribution in [3.63, 3.8) is 0 Å². The Balaban J connectivity index is 2.64. The second kappa shape index (κ2) is 7.87. The Morgan fingerprint density at radius 3 is 1.97 bits per heavy atom. The summed E-state index contributed by atoms with van der Waals surface area (Å²) < 4.78 is 33.9. The molecule has 0 spiro atoms. The summed E-state index contributed by atoms with van der Waals surface area (Å²) in [6, 6.07) is 12.1. The molecule has 3 aromatic rings. The Hall–Kier alpha value is -1.67. The molecule has 152 valence electrons. The first-order valence-corrected chi connectivity index (χ1v) is 10.9. The number of rotatable bonds is 4. The SMILES string of the molecule is O=S(=O)(O)C(c1ccccc1)(c1cc(O)cc(Cl)c1O)c1ccc(Cl)c(Cl)c1Cl. The van der Waals surface area contributed by atoms with Gasteiger partial charge in [0.2, 0.25) is 0 Å². The second-order valence-corrected chi connectivity index (χ2v) is 9.20. The zero-order valence-corrected chi connectivity index (χ0v) is 18.1. The normalized spacial score (nSPS) is 13.8. The van der Waals surface area contributed by atoms with Crippen LogP contribution in [-0.4, -0.2) is 23.2 Å². The number of aromatic hydroxyl groups is 2. The fraction of sp³-hybridized carbons (Fsp3) is 0.0526. The number of phenolic OH excluding ortho intramolecular Hbond substituents is 2. The lowest BCUT2D eigenvalue weighted by atomic mass is 9.83. The van der Waals surface area contributed by atoms with Crippen LogP contribution in [0.1, 0.15) is 16.7 Å². The van der Waals surface area contributed by atoms with Gasteiger partial charge in [0, 0.05) is 17.2 Å². The van der Waals surface area contributed by atoms with Crippen molar-refractivity contribution in [3.8, 4) is 11.5 Å². The average molecular weight is 494 g/mol. The maximum absolute atomic E-state index is 13.0. The molecule has 3 aromatic carbocycles. The Labute approximate surface area is 186 Å². The smallest absolute Gasteiger partial charge is 0.283 e. The predicted molar refractivity (Wildman–Crippen MR) is 114 cm³/mol. The molecule has 0 saturated carbocycles. The average Bonchev–Trinajstić information content (AvgIpc) is 2.65. The van der Waals surface area contributed by atoms with Crippen molar-refractivity contribution < 1.29 is 23.2 Å². The van der Waals surface area contributed by atoms with E-state index in [2.05, 4.69) is 0 Å². The van der Waals surface area contributed by atoms with E-state index >= 15 is 0 Å². The van der Waals surface area contributed by atoms with Crippen LogP contribution >= 0.6 is 46.4 Å². The second-order valence-electron chi connectivity index (χ2n) is 6.07. The summed E-state index contributed by atoms with van der Waals surface area (Å²) in [4.78, 5) is 0. The van der Waals surface area contributed by atoms with Crippen LogP contribution in [0.25, 0.3) is 0 Å². The van der Waals surface area contributed by atoms with E-state index in [1.54, 1.807) is 6.07 Å². The first-order chi connectivity index (χ1) is 13.5. The number of benzene rings is 3. The molecule has 29 heavy (non-hydrogen) atoms. The lowest BCUT2D eigenvalue weighted by Gasteiger charge is -2.34. The highest BCUT2D eigenvalue weighted by Gasteiger charge is 2.52. The first kappa shape index (κ1) is 22.0. The highest BCUT2D eigenvalue weighted by Crippen LogP contribution is 2.52. The monoisotopic (exact) mass is 492 g/mol. The third-order valence-corrected chi connectivity index (χ3v) is 7.44. The van der Waals surface area contributed by atoms with E-state index < -0.39 is 31.9 Å². The first-order valence-electron chi connectivity index (χ1n) is 7.90. The molecule has 0 aliphatic rings. The fourth-order valence-corrected chi connectivity index (χ4v) is 5.47. The summed E-state index contributed by atoms with van der Waals surface area (Å²) in [5.41, 5.74) is -0.601. The van der Waals surface area contributed by atoms with E-state index in [0.29, 0.717) is 0 Å². The van der Waals surface area contributed by atoms with Crippen LogP contribution in [0.5, 0.6) is 11.5 Å². The van der Waals surface area contributed by atoms with Crippen molar-refractivity contribution in [1.29, 1.82) is 0 Å². The van der Waals surface area contributed by atoms with E-state index in [1.165, 1.54) is 36.4 Å². The van der Waals surface area contributed by atoms with Crippen molar-refractivity contribution in [3.05, 3.63) is 91.4 Å². The zero-order valence-electron chi connectivity index (χ0n) is 14.3. The van der Waals surface area contributed by atoms with Gasteiger partial charge in [-0.2, -0.15) is 8.42 Å². The Morgan fingerprint density at radius 2 is 1.38 bits per heavy atom. The molecule has 3 N–H and O–H groups in total. The lowest BCUT2D eigenvalue weighted by molar-refractivity contribution is 0.435. The topological polar surface area (TPSA) is 94.8 Å².